The van der Waals surface area contributed by atoms with Crippen LogP contribution in [0, 0.1) is 0 Å². The average Bonchev–Trinajstić information content (AvgIpc) is 2.40. The molecule has 13 heavy (non-hydrogen) atoms. The number of hydrogen-bond donors (Lipinski definition) is 0. The van der Waals surface area contributed by atoms with Crippen molar-refractivity contribution in [2.45, 2.75) is 6.92 Å². The molecule has 0 spiro atoms. The molecule has 1 aliphatic heterocycles. The van der Waals surface area contributed by atoms with Crippen LogP contribution >= 0.6 is 18.5 Å². The molecule has 0 fully saturated rings. The lowest BCUT2D eigenvalue weighted by atomic mass is 10.3. The van der Waals surface area contributed by atoms with E-state index in [1.165, 1.54) is 0 Å². The Labute approximate surface area is 81.9 Å². The molecule has 1 aliphatic rings. The lowest BCUT2D eigenvalue weighted by Gasteiger charge is -2.04. The zero-order valence-corrected chi connectivity index (χ0v) is 8.72. The normalized spacial score (nSPS) is 17.4. The number of hydrogen-bond acceptors (Lipinski definition) is 3. The molecule has 1 aromatic carbocycles. The van der Waals surface area contributed by atoms with Crippen molar-refractivity contribution in [3.05, 3.63) is 24.3 Å². The fourth-order valence-electron chi connectivity index (χ4n) is 1.06. The minimum Gasteiger partial charge on any atom is -0.260 e. The number of fused-ring (bicyclic) bond motifs is 1. The molecule has 0 aromatic heterocycles. The highest BCUT2D eigenvalue weighted by Gasteiger charge is 2.54. The summed E-state index contributed by atoms with van der Waals surface area (Å²) in [6.45, 7) is 2.32. The Balaban J connectivity index is 2.21. The quantitative estimate of drug-likeness (QED) is 0.714. The van der Waals surface area contributed by atoms with Gasteiger partial charge < -0.3 is 0 Å². The van der Waals surface area contributed by atoms with Crippen LogP contribution in [0.15, 0.2) is 24.3 Å². The van der Waals surface area contributed by atoms with Crippen molar-refractivity contribution in [2.24, 2.45) is 0 Å². The second-order valence-corrected chi connectivity index (χ2v) is 5.20. The monoisotopic (exact) mass is 219 g/mol. The van der Waals surface area contributed by atoms with E-state index in [1.54, 1.807) is 12.1 Å². The van der Waals surface area contributed by atoms with Crippen LogP contribution in [0.2, 0.25) is 0 Å². The minimum absolute atomic E-state index is 0.477. The summed E-state index contributed by atoms with van der Waals surface area (Å²) in [6, 6.07) is 7.33. The van der Waals surface area contributed by atoms with Crippen LogP contribution in [-0.4, -0.2) is 6.61 Å². The van der Waals surface area contributed by atoms with Gasteiger partial charge in [-0.25, -0.2) is 0 Å². The van der Waals surface area contributed by atoms with Crippen molar-refractivity contribution < 1.29 is 13.6 Å². The number of rotatable bonds is 2. The van der Waals surface area contributed by atoms with Gasteiger partial charge in [0.2, 0.25) is 22.7 Å². The van der Waals surface area contributed by atoms with Crippen LogP contribution in [0.4, 0.5) is 0 Å². The maximum absolute atomic E-state index is 5.98. The van der Waals surface area contributed by atoms with Crippen molar-refractivity contribution in [1.82, 2.24) is 0 Å². The van der Waals surface area contributed by atoms with E-state index in [1.807, 2.05) is 19.1 Å². The number of halogens is 1. The molecule has 1 aromatic rings. The third kappa shape index (κ3) is 1.73. The van der Waals surface area contributed by atoms with Gasteiger partial charge >= 0.3 is 7.30 Å². The van der Waals surface area contributed by atoms with E-state index < -0.39 is 7.30 Å². The smallest absolute Gasteiger partial charge is 0.260 e. The third-order valence-corrected chi connectivity index (χ3v) is 3.65. The average molecular weight is 220 g/mol. The fourth-order valence-corrected chi connectivity index (χ4v) is 3.02. The zero-order valence-electron chi connectivity index (χ0n) is 7.07. The van der Waals surface area contributed by atoms with Crippen molar-refractivity contribution >= 4 is 18.5 Å². The first-order valence-corrected chi connectivity index (χ1v) is 6.40. The molecule has 0 saturated carbocycles. The molecule has 0 saturated heterocycles. The van der Waals surface area contributed by atoms with Crippen molar-refractivity contribution in [2.75, 3.05) is 6.61 Å². The van der Waals surface area contributed by atoms with Crippen LogP contribution in [0.1, 0.15) is 6.92 Å². The molecule has 1 heterocycles. The zero-order chi connectivity index (χ0) is 9.31. The summed E-state index contributed by atoms with van der Waals surface area (Å²) in [6.07, 6.45) is 0. The van der Waals surface area contributed by atoms with E-state index in [2.05, 4.69) is 0 Å². The van der Waals surface area contributed by atoms with Gasteiger partial charge in [0, 0.05) is 0 Å². The maximum atomic E-state index is 5.98. The highest BCUT2D eigenvalue weighted by atomic mass is 35.7. The second kappa shape index (κ2) is 3.33. The summed E-state index contributed by atoms with van der Waals surface area (Å²) in [7, 11) is -2.63. The Morgan fingerprint density at radius 3 is 2.31 bits per heavy atom. The van der Waals surface area contributed by atoms with Gasteiger partial charge in [0.15, 0.2) is 0 Å². The molecule has 0 unspecified atom stereocenters. The predicted octanol–water partition coefficient (Wildman–Crippen LogP) is 3.41. The molecule has 0 radical (unpaired) electrons. The van der Waals surface area contributed by atoms with Crippen LogP contribution in [0.3, 0.4) is 0 Å². The highest BCUT2D eigenvalue weighted by Crippen LogP contribution is 2.71. The van der Waals surface area contributed by atoms with Gasteiger partial charge in [0.05, 0.1) is 6.61 Å². The van der Waals surface area contributed by atoms with Gasteiger partial charge in [-0.2, -0.15) is 4.52 Å². The lowest BCUT2D eigenvalue weighted by Crippen LogP contribution is -1.99. The summed E-state index contributed by atoms with van der Waals surface area (Å²) in [5.41, 5.74) is 0. The Morgan fingerprint density at radius 1 is 1.31 bits per heavy atom. The van der Waals surface area contributed by atoms with Crippen molar-refractivity contribution in [1.29, 1.82) is 0 Å². The second-order valence-electron chi connectivity index (χ2n) is 2.48. The van der Waals surface area contributed by atoms with Gasteiger partial charge in [0.25, 0.3) is 0 Å². The first-order valence-electron chi connectivity index (χ1n) is 3.95. The molecule has 3 nitrogen and oxygen atoms in total. The Kier molecular flexibility index (Phi) is 2.33. The van der Waals surface area contributed by atoms with Gasteiger partial charge in [-0.3, -0.25) is 9.05 Å². The maximum Gasteiger partial charge on any atom is 0.614 e. The van der Waals surface area contributed by atoms with Crippen molar-refractivity contribution in [3.8, 4) is 11.5 Å². The van der Waals surface area contributed by atoms with E-state index in [0.717, 1.165) is 0 Å². The van der Waals surface area contributed by atoms with Gasteiger partial charge in [-0.15, -0.1) is 0 Å². The van der Waals surface area contributed by atoms with Gasteiger partial charge in [-0.1, -0.05) is 12.1 Å². The fraction of sp³-hybridized carbons (Fsp3) is 0.250. The lowest BCUT2D eigenvalue weighted by molar-refractivity contribution is 0.292. The predicted molar refractivity (Wildman–Crippen MR) is 52.1 cm³/mol. The molecule has 0 aliphatic carbocycles. The molecule has 70 valence electrons. The summed E-state index contributed by atoms with van der Waals surface area (Å²) >= 11 is 5.98. The SMILES string of the molecule is CCO[P+]1(Cl)Oc2ccccc2O1. The minimum atomic E-state index is -2.63. The largest absolute Gasteiger partial charge is 0.614 e. The molecule has 0 N–H and O–H groups in total. The number of benzene rings is 1. The topological polar surface area (TPSA) is 27.7 Å². The molecule has 0 amide bonds. The Morgan fingerprint density at radius 2 is 1.85 bits per heavy atom. The van der Waals surface area contributed by atoms with Crippen molar-refractivity contribution in [3.63, 3.8) is 0 Å². The summed E-state index contributed by atoms with van der Waals surface area (Å²) in [5, 5.41) is 0. The molecular formula is C8H9ClO3P+. The molecule has 0 atom stereocenters. The van der Waals surface area contributed by atoms with E-state index >= 15 is 0 Å². The van der Waals surface area contributed by atoms with E-state index in [0.29, 0.717) is 18.1 Å². The Bertz CT molecular complexity index is 293. The molecule has 5 heteroatoms. The third-order valence-electron chi connectivity index (χ3n) is 1.55. The highest BCUT2D eigenvalue weighted by molar-refractivity contribution is 7.88. The molecule has 0 bridgehead atoms. The van der Waals surface area contributed by atoms with E-state index in [9.17, 15) is 0 Å². The first kappa shape index (κ1) is 9.07. The Hall–Kier alpha value is -0.500. The summed E-state index contributed by atoms with van der Waals surface area (Å²) in [4.78, 5) is 0. The van der Waals surface area contributed by atoms with Crippen LogP contribution in [0.25, 0.3) is 0 Å². The van der Waals surface area contributed by atoms with Crippen LogP contribution in [-0.2, 0) is 4.52 Å². The van der Waals surface area contributed by atoms with Crippen LogP contribution in [0.5, 0.6) is 11.5 Å². The summed E-state index contributed by atoms with van der Waals surface area (Å²) < 4.78 is 15.9. The summed E-state index contributed by atoms with van der Waals surface area (Å²) in [5.74, 6) is 1.30. The standard InChI is InChI=1S/C8H9ClO3P/c1-2-10-13(9)11-7-5-3-4-6-8(7)12-13/h3-6H,2H2,1H3/q+1. The van der Waals surface area contributed by atoms with Gasteiger partial charge in [0.1, 0.15) is 0 Å². The molecule has 2 rings (SSSR count). The van der Waals surface area contributed by atoms with E-state index in [4.69, 9.17) is 24.8 Å². The molecular weight excluding hydrogens is 211 g/mol. The van der Waals surface area contributed by atoms with E-state index in [-0.39, 0.29) is 0 Å². The van der Waals surface area contributed by atoms with Gasteiger partial charge in [-0.05, 0) is 19.1 Å². The number of para-hydroxylation sites is 2. The first-order chi connectivity index (χ1) is 6.23. The van der Waals surface area contributed by atoms with Crippen LogP contribution < -0.4 is 9.05 Å².